The Kier molecular flexibility index (Phi) is 5.85. The van der Waals surface area contributed by atoms with Crippen LogP contribution in [0.3, 0.4) is 0 Å². The first-order valence-electron chi connectivity index (χ1n) is 5.67. The highest BCUT2D eigenvalue weighted by atomic mass is 79.9. The van der Waals surface area contributed by atoms with E-state index in [0.717, 1.165) is 15.8 Å². The maximum absolute atomic E-state index is 11.6. The predicted molar refractivity (Wildman–Crippen MR) is 75.9 cm³/mol. The van der Waals surface area contributed by atoms with Crippen molar-refractivity contribution < 1.29 is 9.53 Å². The molecule has 0 aliphatic heterocycles. The van der Waals surface area contributed by atoms with Crippen LogP contribution in [0.2, 0.25) is 0 Å². The Labute approximate surface area is 116 Å². The third-order valence-corrected chi connectivity index (χ3v) is 2.76. The van der Waals surface area contributed by atoms with E-state index in [0.29, 0.717) is 5.92 Å². The zero-order valence-electron chi connectivity index (χ0n) is 10.7. The lowest BCUT2D eigenvalue weighted by Gasteiger charge is -2.05. The molecule has 0 aliphatic rings. The van der Waals surface area contributed by atoms with Gasteiger partial charge in [-0.25, -0.2) is 5.43 Å². The molecular weight excluding hydrogens is 296 g/mol. The second-order valence-electron chi connectivity index (χ2n) is 4.20. The normalized spacial score (nSPS) is 10.9. The highest BCUT2D eigenvalue weighted by Gasteiger charge is 2.05. The quantitative estimate of drug-likeness (QED) is 0.671. The number of hydrogen-bond acceptors (Lipinski definition) is 3. The number of nitrogens with zero attached hydrogens (tertiary/aromatic N) is 1. The molecule has 0 atom stereocenters. The zero-order chi connectivity index (χ0) is 13.5. The Bertz CT molecular complexity index is 445. The van der Waals surface area contributed by atoms with E-state index in [1.807, 2.05) is 32.0 Å². The summed E-state index contributed by atoms with van der Waals surface area (Å²) in [6.07, 6.45) is 1.99. The van der Waals surface area contributed by atoms with E-state index in [1.165, 1.54) is 0 Å². The number of methoxy groups -OCH3 is 1. The number of ether oxygens (including phenoxy) is 1. The van der Waals surface area contributed by atoms with Gasteiger partial charge in [0.15, 0.2) is 0 Å². The molecular formula is C13H17BrN2O2. The number of benzene rings is 1. The van der Waals surface area contributed by atoms with Crippen LogP contribution in [0.25, 0.3) is 0 Å². The summed E-state index contributed by atoms with van der Waals surface area (Å²) < 4.78 is 5.96. The summed E-state index contributed by atoms with van der Waals surface area (Å²) in [5.41, 5.74) is 3.40. The standard InChI is InChI=1S/C13H17BrN2O2/c1-9(2)8-15-16-13(17)7-10-4-5-12(18-3)11(14)6-10/h4-6,8-9H,7H2,1-3H3,(H,16,17). The molecule has 98 valence electrons. The Balaban J connectivity index is 2.57. The number of amides is 1. The first kappa shape index (κ1) is 14.7. The summed E-state index contributed by atoms with van der Waals surface area (Å²) in [5, 5.41) is 3.86. The Morgan fingerprint density at radius 3 is 2.83 bits per heavy atom. The molecule has 0 fully saturated rings. The third kappa shape index (κ3) is 4.87. The molecule has 1 aromatic carbocycles. The van der Waals surface area contributed by atoms with Crippen molar-refractivity contribution in [3.63, 3.8) is 0 Å². The third-order valence-electron chi connectivity index (χ3n) is 2.14. The number of halogens is 1. The molecule has 5 heteroatoms. The van der Waals surface area contributed by atoms with Gasteiger partial charge in [-0.05, 0) is 39.5 Å². The summed E-state index contributed by atoms with van der Waals surface area (Å²) in [5.74, 6) is 0.932. The molecule has 1 aromatic rings. The average Bonchev–Trinajstić information content (AvgIpc) is 2.28. The van der Waals surface area contributed by atoms with Gasteiger partial charge in [0.25, 0.3) is 0 Å². The first-order chi connectivity index (χ1) is 8.52. The van der Waals surface area contributed by atoms with Crippen molar-refractivity contribution in [2.24, 2.45) is 11.0 Å². The largest absolute Gasteiger partial charge is 0.496 e. The predicted octanol–water partition coefficient (Wildman–Crippen LogP) is 2.76. The SMILES string of the molecule is COc1ccc(CC(=O)NN=CC(C)C)cc1Br. The minimum atomic E-state index is -0.135. The monoisotopic (exact) mass is 312 g/mol. The summed E-state index contributed by atoms with van der Waals surface area (Å²) in [6, 6.07) is 5.55. The van der Waals surface area contributed by atoms with Crippen molar-refractivity contribution in [3.05, 3.63) is 28.2 Å². The second kappa shape index (κ2) is 7.16. The molecule has 1 amide bonds. The van der Waals surface area contributed by atoms with Crippen LogP contribution in [-0.2, 0) is 11.2 Å². The van der Waals surface area contributed by atoms with E-state index in [9.17, 15) is 4.79 Å². The maximum Gasteiger partial charge on any atom is 0.244 e. The van der Waals surface area contributed by atoms with Crippen LogP contribution >= 0.6 is 15.9 Å². The molecule has 0 aromatic heterocycles. The van der Waals surface area contributed by atoms with Gasteiger partial charge in [0, 0.05) is 6.21 Å². The van der Waals surface area contributed by atoms with Gasteiger partial charge in [-0.15, -0.1) is 0 Å². The number of rotatable bonds is 5. The van der Waals surface area contributed by atoms with Gasteiger partial charge in [-0.1, -0.05) is 19.9 Å². The molecule has 0 saturated heterocycles. The summed E-state index contributed by atoms with van der Waals surface area (Å²) in [7, 11) is 1.60. The van der Waals surface area contributed by atoms with Gasteiger partial charge in [0.1, 0.15) is 5.75 Å². The summed E-state index contributed by atoms with van der Waals surface area (Å²) in [6.45, 7) is 3.99. The van der Waals surface area contributed by atoms with Gasteiger partial charge < -0.3 is 4.74 Å². The van der Waals surface area contributed by atoms with Crippen molar-refractivity contribution in [2.75, 3.05) is 7.11 Å². The Morgan fingerprint density at radius 2 is 2.28 bits per heavy atom. The minimum Gasteiger partial charge on any atom is -0.496 e. The van der Waals surface area contributed by atoms with Crippen LogP contribution in [0, 0.1) is 5.92 Å². The van der Waals surface area contributed by atoms with Crippen LogP contribution in [-0.4, -0.2) is 19.2 Å². The van der Waals surface area contributed by atoms with E-state index < -0.39 is 0 Å². The van der Waals surface area contributed by atoms with Crippen LogP contribution in [0.15, 0.2) is 27.8 Å². The maximum atomic E-state index is 11.6. The fraction of sp³-hybridized carbons (Fsp3) is 0.385. The first-order valence-corrected chi connectivity index (χ1v) is 6.46. The van der Waals surface area contributed by atoms with Crippen molar-refractivity contribution in [1.82, 2.24) is 5.43 Å². The second-order valence-corrected chi connectivity index (χ2v) is 5.06. The van der Waals surface area contributed by atoms with Crippen LogP contribution in [0.5, 0.6) is 5.75 Å². The van der Waals surface area contributed by atoms with E-state index in [4.69, 9.17) is 4.74 Å². The number of carbonyl (C=O) groups excluding carboxylic acids is 1. The molecule has 1 N–H and O–H groups in total. The number of hydrogen-bond donors (Lipinski definition) is 1. The summed E-state index contributed by atoms with van der Waals surface area (Å²) in [4.78, 5) is 11.6. The fourth-order valence-electron chi connectivity index (χ4n) is 1.30. The van der Waals surface area contributed by atoms with Crippen LogP contribution in [0.1, 0.15) is 19.4 Å². The minimum absolute atomic E-state index is 0.135. The molecule has 0 spiro atoms. The van der Waals surface area contributed by atoms with Gasteiger partial charge in [0.2, 0.25) is 5.91 Å². The smallest absolute Gasteiger partial charge is 0.244 e. The molecule has 0 heterocycles. The number of hydrazone groups is 1. The van der Waals surface area contributed by atoms with E-state index in [2.05, 4.69) is 26.5 Å². The van der Waals surface area contributed by atoms with Crippen molar-refractivity contribution >= 4 is 28.1 Å². The lowest BCUT2D eigenvalue weighted by atomic mass is 10.1. The zero-order valence-corrected chi connectivity index (χ0v) is 12.3. The molecule has 18 heavy (non-hydrogen) atoms. The topological polar surface area (TPSA) is 50.7 Å². The molecule has 1 rings (SSSR count). The van der Waals surface area contributed by atoms with E-state index in [1.54, 1.807) is 13.3 Å². The highest BCUT2D eigenvalue weighted by molar-refractivity contribution is 9.10. The van der Waals surface area contributed by atoms with Crippen LogP contribution < -0.4 is 10.2 Å². The Morgan fingerprint density at radius 1 is 1.56 bits per heavy atom. The molecule has 0 bridgehead atoms. The highest BCUT2D eigenvalue weighted by Crippen LogP contribution is 2.25. The van der Waals surface area contributed by atoms with Crippen molar-refractivity contribution in [2.45, 2.75) is 20.3 Å². The van der Waals surface area contributed by atoms with Gasteiger partial charge in [-0.3, -0.25) is 4.79 Å². The molecule has 0 aliphatic carbocycles. The van der Waals surface area contributed by atoms with Crippen molar-refractivity contribution in [1.29, 1.82) is 0 Å². The van der Waals surface area contributed by atoms with Gasteiger partial charge >= 0.3 is 0 Å². The van der Waals surface area contributed by atoms with E-state index >= 15 is 0 Å². The lowest BCUT2D eigenvalue weighted by Crippen LogP contribution is -2.20. The molecule has 0 radical (unpaired) electrons. The number of nitrogens with one attached hydrogen (secondary N) is 1. The molecule has 4 nitrogen and oxygen atoms in total. The van der Waals surface area contributed by atoms with Crippen molar-refractivity contribution in [3.8, 4) is 5.75 Å². The Hall–Kier alpha value is -1.36. The fourth-order valence-corrected chi connectivity index (χ4v) is 1.89. The lowest BCUT2D eigenvalue weighted by molar-refractivity contribution is -0.120. The summed E-state index contributed by atoms with van der Waals surface area (Å²) >= 11 is 3.38. The average molecular weight is 313 g/mol. The number of carbonyl (C=O) groups is 1. The molecule has 0 unspecified atom stereocenters. The van der Waals surface area contributed by atoms with Gasteiger partial charge in [0.05, 0.1) is 18.0 Å². The van der Waals surface area contributed by atoms with E-state index in [-0.39, 0.29) is 12.3 Å². The van der Waals surface area contributed by atoms with Gasteiger partial charge in [-0.2, -0.15) is 5.10 Å². The molecule has 0 saturated carbocycles. The van der Waals surface area contributed by atoms with Crippen LogP contribution in [0.4, 0.5) is 0 Å².